The van der Waals surface area contributed by atoms with Gasteiger partial charge < -0.3 is 45.4 Å². The van der Waals surface area contributed by atoms with Gasteiger partial charge in [0.05, 0.1) is 12.2 Å². The maximum Gasteiger partial charge on any atom is 0.245 e. The second-order valence-electron chi connectivity index (χ2n) is 14.8. The van der Waals surface area contributed by atoms with Crippen molar-refractivity contribution in [2.75, 3.05) is 33.8 Å². The van der Waals surface area contributed by atoms with E-state index in [1.54, 1.807) is 6.07 Å². The van der Waals surface area contributed by atoms with Gasteiger partial charge in [-0.3, -0.25) is 9.59 Å². The van der Waals surface area contributed by atoms with Crippen LogP contribution in [0.4, 0.5) is 0 Å². The highest BCUT2D eigenvalue weighted by Gasteiger charge is 2.71. The maximum atomic E-state index is 13.0. The van der Waals surface area contributed by atoms with E-state index in [0.29, 0.717) is 44.2 Å². The van der Waals surface area contributed by atoms with Crippen molar-refractivity contribution in [3.8, 4) is 0 Å². The molecule has 2 heterocycles. The lowest BCUT2D eigenvalue weighted by atomic mass is 9.75. The Morgan fingerprint density at radius 1 is 1.00 bits per heavy atom. The van der Waals surface area contributed by atoms with Gasteiger partial charge in [0, 0.05) is 25.1 Å². The molecule has 0 aromatic heterocycles. The number of likely N-dealkylation sites (N-methyl/N-ethyl adjacent to an activating group) is 1. The largest absolute Gasteiger partial charge is 0.387 e. The van der Waals surface area contributed by atoms with E-state index in [1.807, 2.05) is 38.1 Å². The number of nitrogens with one attached hydrogen (secondary N) is 2. The number of aliphatic hydroxyl groups is 4. The maximum absolute atomic E-state index is 13.0. The molecular formula is C37H53N3O8. The molecule has 2 aliphatic heterocycles. The van der Waals surface area contributed by atoms with Crippen LogP contribution in [0.15, 0.2) is 42.5 Å². The van der Waals surface area contributed by atoms with Crippen LogP contribution in [-0.2, 0) is 37.7 Å². The fourth-order valence-electron chi connectivity index (χ4n) is 7.34. The summed E-state index contributed by atoms with van der Waals surface area (Å²) in [5, 5.41) is 49.6. The second-order valence-corrected chi connectivity index (χ2v) is 14.8. The average molecular weight is 668 g/mol. The lowest BCUT2D eigenvalue weighted by molar-refractivity contribution is -0.348. The molecular weight excluding hydrogens is 614 g/mol. The number of hydrogen-bond acceptors (Lipinski definition) is 9. The first-order valence-electron chi connectivity index (χ1n) is 17.1. The van der Waals surface area contributed by atoms with E-state index in [0.717, 1.165) is 48.1 Å². The van der Waals surface area contributed by atoms with Gasteiger partial charge in [0.25, 0.3) is 0 Å². The average Bonchev–Trinajstić information content (AvgIpc) is 3.67. The van der Waals surface area contributed by atoms with E-state index in [2.05, 4.69) is 34.9 Å². The molecule has 0 radical (unpaired) electrons. The third-order valence-electron chi connectivity index (χ3n) is 10.5. The molecule has 0 spiro atoms. The summed E-state index contributed by atoms with van der Waals surface area (Å²) in [7, 11) is 3.92. The van der Waals surface area contributed by atoms with E-state index in [9.17, 15) is 30.0 Å². The standard InChI is InChI=1S/C37H53N3O8/c1-24-11-16-28(37-32(44)30(42)31(43)36(48-37,23-47-37)34(2,3)46)22-27(24)21-26-14-12-25(13-15-26)9-8-10-29(41)39-35(17-6-7-18-35)33(45)38-19-20-40(4)5/h11-16,22,30-32,42-44,46H,6-10,17-21,23H2,1-5H3,(H,38,45)(H,39,41)/t30-,31-,32+,36-,37-/m0/s1. The SMILES string of the molecule is Cc1ccc([C@]23OC[C@](C(C)(C)O)(O2)[C@@H](O)[C@H](O)[C@H]3O)cc1Cc1ccc(CCCC(=O)NC2(C(=O)NCCN(C)C)CCCC2)cc1. The smallest absolute Gasteiger partial charge is 0.245 e. The van der Waals surface area contributed by atoms with Gasteiger partial charge in [0.15, 0.2) is 5.60 Å². The van der Waals surface area contributed by atoms with Gasteiger partial charge in [0.1, 0.15) is 23.9 Å². The zero-order valence-electron chi connectivity index (χ0n) is 28.9. The Bertz CT molecular complexity index is 1450. The van der Waals surface area contributed by atoms with Crippen molar-refractivity contribution in [1.29, 1.82) is 0 Å². The summed E-state index contributed by atoms with van der Waals surface area (Å²) in [6.07, 6.45) is 0.834. The summed E-state index contributed by atoms with van der Waals surface area (Å²) in [5.41, 5.74) is 0.684. The number of rotatable bonds is 13. The zero-order valence-corrected chi connectivity index (χ0v) is 28.9. The van der Waals surface area contributed by atoms with Crippen molar-refractivity contribution in [3.63, 3.8) is 0 Å². The van der Waals surface area contributed by atoms with Gasteiger partial charge in [-0.15, -0.1) is 0 Å². The highest BCUT2D eigenvalue weighted by molar-refractivity contribution is 5.91. The number of aryl methyl sites for hydroxylation is 2. The van der Waals surface area contributed by atoms with Gasteiger partial charge in [-0.25, -0.2) is 0 Å². The number of aliphatic hydroxyl groups excluding tert-OH is 3. The predicted octanol–water partition coefficient (Wildman–Crippen LogP) is 1.82. The first-order valence-corrected chi connectivity index (χ1v) is 17.1. The summed E-state index contributed by atoms with van der Waals surface area (Å²) >= 11 is 0. The Kier molecular flexibility index (Phi) is 10.7. The van der Waals surface area contributed by atoms with E-state index in [4.69, 9.17) is 9.47 Å². The zero-order chi connectivity index (χ0) is 34.9. The highest BCUT2D eigenvalue weighted by atomic mass is 16.8. The van der Waals surface area contributed by atoms with Crippen LogP contribution in [0, 0.1) is 6.92 Å². The Morgan fingerprint density at radius 2 is 1.67 bits per heavy atom. The van der Waals surface area contributed by atoms with Gasteiger partial charge >= 0.3 is 0 Å². The highest BCUT2D eigenvalue weighted by Crippen LogP contribution is 2.53. The Hall–Kier alpha value is -2.90. The quantitative estimate of drug-likeness (QED) is 0.187. The number of fused-ring (bicyclic) bond motifs is 2. The molecule has 1 aliphatic carbocycles. The van der Waals surface area contributed by atoms with Crippen molar-refractivity contribution >= 4 is 11.8 Å². The number of carbonyl (C=O) groups is 2. The van der Waals surface area contributed by atoms with Crippen LogP contribution in [0.2, 0.25) is 0 Å². The molecule has 5 atom stereocenters. The van der Waals surface area contributed by atoms with Crippen LogP contribution in [0.1, 0.15) is 80.2 Å². The lowest BCUT2D eigenvalue weighted by Crippen LogP contribution is -2.70. The lowest BCUT2D eigenvalue weighted by Gasteiger charge is -2.50. The molecule has 5 rings (SSSR count). The molecule has 2 saturated heterocycles. The molecule has 11 heteroatoms. The number of hydrogen-bond donors (Lipinski definition) is 6. The van der Waals surface area contributed by atoms with E-state index >= 15 is 0 Å². The van der Waals surface area contributed by atoms with E-state index in [1.165, 1.54) is 13.8 Å². The normalized spacial score (nSPS) is 28.1. The van der Waals surface area contributed by atoms with Gasteiger partial charge in [-0.2, -0.15) is 0 Å². The molecule has 2 aromatic rings. The Balaban J connectivity index is 1.19. The summed E-state index contributed by atoms with van der Waals surface area (Å²) < 4.78 is 12.3. The van der Waals surface area contributed by atoms with Crippen LogP contribution >= 0.6 is 0 Å². The molecule has 0 unspecified atom stereocenters. The van der Waals surface area contributed by atoms with E-state index < -0.39 is 40.8 Å². The molecule has 2 amide bonds. The summed E-state index contributed by atoms with van der Waals surface area (Å²) in [5.74, 6) is -1.92. The Labute approximate surface area is 283 Å². The third-order valence-corrected chi connectivity index (χ3v) is 10.5. The molecule has 1 saturated carbocycles. The molecule has 3 aliphatic rings. The molecule has 48 heavy (non-hydrogen) atoms. The van der Waals surface area contributed by atoms with Crippen LogP contribution in [0.5, 0.6) is 0 Å². The van der Waals surface area contributed by atoms with Crippen molar-refractivity contribution in [1.82, 2.24) is 15.5 Å². The minimum absolute atomic E-state index is 0.0805. The van der Waals surface area contributed by atoms with E-state index in [-0.39, 0.29) is 18.4 Å². The molecule has 2 bridgehead atoms. The van der Waals surface area contributed by atoms with Crippen LogP contribution in [-0.4, -0.2) is 106 Å². The van der Waals surface area contributed by atoms with Crippen LogP contribution in [0.3, 0.4) is 0 Å². The predicted molar refractivity (Wildman–Crippen MR) is 180 cm³/mol. The number of carbonyl (C=O) groups excluding carboxylic acids is 2. The van der Waals surface area contributed by atoms with Crippen molar-refractivity contribution in [3.05, 3.63) is 70.3 Å². The number of ether oxygens (including phenoxy) is 2. The molecule has 11 nitrogen and oxygen atoms in total. The molecule has 6 N–H and O–H groups in total. The third kappa shape index (κ3) is 7.05. The van der Waals surface area contributed by atoms with Crippen molar-refractivity contribution in [2.24, 2.45) is 0 Å². The molecule has 264 valence electrons. The van der Waals surface area contributed by atoms with Gasteiger partial charge in [-0.05, 0) is 95.3 Å². The first-order chi connectivity index (χ1) is 22.6. The molecule has 2 aromatic carbocycles. The summed E-state index contributed by atoms with van der Waals surface area (Å²) in [4.78, 5) is 27.9. The van der Waals surface area contributed by atoms with Gasteiger partial charge in [-0.1, -0.05) is 49.2 Å². The topological polar surface area (TPSA) is 161 Å². The minimum atomic E-state index is -1.75. The Morgan fingerprint density at radius 3 is 2.31 bits per heavy atom. The fourth-order valence-corrected chi connectivity index (χ4v) is 7.34. The fraction of sp³-hybridized carbons (Fsp3) is 0.622. The number of benzene rings is 2. The number of amides is 2. The second kappa shape index (κ2) is 14.1. The van der Waals surface area contributed by atoms with Crippen LogP contribution in [0.25, 0.3) is 0 Å². The minimum Gasteiger partial charge on any atom is -0.387 e. The number of nitrogens with zero attached hydrogens (tertiary/aromatic N) is 1. The van der Waals surface area contributed by atoms with Crippen molar-refractivity contribution < 1.29 is 39.5 Å². The molecule has 3 fully saturated rings. The first kappa shape index (κ1) is 36.4. The summed E-state index contributed by atoms with van der Waals surface area (Å²) in [6.45, 7) is 6.06. The van der Waals surface area contributed by atoms with Gasteiger partial charge in [0.2, 0.25) is 17.6 Å². The van der Waals surface area contributed by atoms with Crippen molar-refractivity contribution in [2.45, 2.75) is 113 Å². The monoisotopic (exact) mass is 667 g/mol. The summed E-state index contributed by atoms with van der Waals surface area (Å²) in [6, 6.07) is 13.8. The van der Waals surface area contributed by atoms with Crippen LogP contribution < -0.4 is 10.6 Å².